The van der Waals surface area contributed by atoms with Gasteiger partial charge in [-0.1, -0.05) is 12.1 Å². The highest BCUT2D eigenvalue weighted by Gasteiger charge is 2.11. The number of carbonyl (C=O) groups is 1. The standard InChI is InChI=1S/C14H14N4O/c1-18(10-13-16-6-7-17-13)14(19)8-11-2-4-12(9-15)5-3-11/h2-7H,8,10H2,1H3,(H,16,17). The summed E-state index contributed by atoms with van der Waals surface area (Å²) in [6.45, 7) is 0.460. The number of carbonyl (C=O) groups excluding carboxylic acids is 1. The molecule has 0 atom stereocenters. The van der Waals surface area contributed by atoms with E-state index in [1.165, 1.54) is 0 Å². The van der Waals surface area contributed by atoms with Crippen molar-refractivity contribution in [2.24, 2.45) is 0 Å². The Hall–Kier alpha value is -2.61. The maximum Gasteiger partial charge on any atom is 0.227 e. The fourth-order valence-electron chi connectivity index (χ4n) is 1.70. The molecule has 5 heteroatoms. The number of likely N-dealkylation sites (N-methyl/N-ethyl adjacent to an activating group) is 1. The summed E-state index contributed by atoms with van der Waals surface area (Å²) in [5, 5.41) is 8.71. The van der Waals surface area contributed by atoms with E-state index in [0.29, 0.717) is 18.5 Å². The van der Waals surface area contributed by atoms with E-state index in [1.54, 1.807) is 48.6 Å². The molecule has 96 valence electrons. The van der Waals surface area contributed by atoms with Crippen molar-refractivity contribution in [3.05, 3.63) is 53.6 Å². The molecule has 1 heterocycles. The molecule has 19 heavy (non-hydrogen) atoms. The van der Waals surface area contributed by atoms with Crippen molar-refractivity contribution in [1.29, 1.82) is 5.26 Å². The lowest BCUT2D eigenvalue weighted by atomic mass is 10.1. The van der Waals surface area contributed by atoms with E-state index in [1.807, 2.05) is 0 Å². The molecule has 0 saturated heterocycles. The Balaban J connectivity index is 1.94. The number of nitrogens with one attached hydrogen (secondary N) is 1. The average Bonchev–Trinajstić information content (AvgIpc) is 2.92. The minimum Gasteiger partial charge on any atom is -0.347 e. The van der Waals surface area contributed by atoms with Crippen LogP contribution in [-0.4, -0.2) is 27.8 Å². The smallest absolute Gasteiger partial charge is 0.227 e. The molecule has 0 saturated carbocycles. The second kappa shape index (κ2) is 5.83. The molecule has 0 aliphatic carbocycles. The Labute approximate surface area is 111 Å². The van der Waals surface area contributed by atoms with Crippen molar-refractivity contribution < 1.29 is 4.79 Å². The van der Waals surface area contributed by atoms with E-state index in [0.717, 1.165) is 11.4 Å². The highest BCUT2D eigenvalue weighted by molar-refractivity contribution is 5.78. The SMILES string of the molecule is CN(Cc1ncc[nH]1)C(=O)Cc1ccc(C#N)cc1. The number of nitriles is 1. The molecule has 1 amide bonds. The zero-order valence-corrected chi connectivity index (χ0v) is 10.6. The molecule has 1 aromatic carbocycles. The minimum atomic E-state index is 0.0149. The number of aromatic amines is 1. The molecule has 5 nitrogen and oxygen atoms in total. The molecule has 0 aliphatic heterocycles. The van der Waals surface area contributed by atoms with Crippen LogP contribution in [0.15, 0.2) is 36.7 Å². The second-order valence-electron chi connectivity index (χ2n) is 4.27. The van der Waals surface area contributed by atoms with Crippen molar-refractivity contribution in [3.8, 4) is 6.07 Å². The van der Waals surface area contributed by atoms with Gasteiger partial charge >= 0.3 is 0 Å². The quantitative estimate of drug-likeness (QED) is 0.898. The third-order valence-electron chi connectivity index (χ3n) is 2.81. The molecule has 0 spiro atoms. The highest BCUT2D eigenvalue weighted by Crippen LogP contribution is 2.06. The van der Waals surface area contributed by atoms with Gasteiger partial charge in [-0.15, -0.1) is 0 Å². The van der Waals surface area contributed by atoms with Crippen LogP contribution in [0.25, 0.3) is 0 Å². The summed E-state index contributed by atoms with van der Waals surface area (Å²) in [6.07, 6.45) is 3.71. The summed E-state index contributed by atoms with van der Waals surface area (Å²) in [4.78, 5) is 20.7. The molecule has 0 bridgehead atoms. The largest absolute Gasteiger partial charge is 0.347 e. The van der Waals surface area contributed by atoms with Crippen molar-refractivity contribution in [2.75, 3.05) is 7.05 Å². The van der Waals surface area contributed by atoms with E-state index in [4.69, 9.17) is 5.26 Å². The summed E-state index contributed by atoms with van der Waals surface area (Å²) in [5.41, 5.74) is 1.50. The molecule has 2 aromatic rings. The average molecular weight is 254 g/mol. The lowest BCUT2D eigenvalue weighted by Gasteiger charge is -2.15. The van der Waals surface area contributed by atoms with E-state index >= 15 is 0 Å². The number of imidazole rings is 1. The first kappa shape index (κ1) is 12.8. The predicted octanol–water partition coefficient (Wildman–Crippen LogP) is 1.48. The Morgan fingerprint density at radius 3 is 2.74 bits per heavy atom. The first-order chi connectivity index (χ1) is 9.19. The van der Waals surface area contributed by atoms with Gasteiger partial charge in [-0.2, -0.15) is 5.26 Å². The van der Waals surface area contributed by atoms with Gasteiger partial charge in [-0.05, 0) is 17.7 Å². The Morgan fingerprint density at radius 2 is 2.16 bits per heavy atom. The third-order valence-corrected chi connectivity index (χ3v) is 2.81. The van der Waals surface area contributed by atoms with Crippen LogP contribution in [-0.2, 0) is 17.8 Å². The summed E-state index contributed by atoms with van der Waals surface area (Å²) in [7, 11) is 1.74. The number of amides is 1. The molecular formula is C14H14N4O. The van der Waals surface area contributed by atoms with Crippen LogP contribution in [0.5, 0.6) is 0 Å². The summed E-state index contributed by atoms with van der Waals surface area (Å²) < 4.78 is 0. The Kier molecular flexibility index (Phi) is 3.94. The zero-order chi connectivity index (χ0) is 13.7. The van der Waals surface area contributed by atoms with Crippen molar-refractivity contribution >= 4 is 5.91 Å². The van der Waals surface area contributed by atoms with Crippen molar-refractivity contribution in [2.45, 2.75) is 13.0 Å². The van der Waals surface area contributed by atoms with Gasteiger partial charge in [0.25, 0.3) is 0 Å². The number of hydrogen-bond acceptors (Lipinski definition) is 3. The van der Waals surface area contributed by atoms with Gasteiger partial charge in [-0.3, -0.25) is 4.79 Å². The molecule has 1 N–H and O–H groups in total. The van der Waals surface area contributed by atoms with Crippen molar-refractivity contribution in [3.63, 3.8) is 0 Å². The number of H-pyrrole nitrogens is 1. The maximum absolute atomic E-state index is 12.0. The molecule has 2 rings (SSSR count). The molecular weight excluding hydrogens is 240 g/mol. The summed E-state index contributed by atoms with van der Waals surface area (Å²) >= 11 is 0. The summed E-state index contributed by atoms with van der Waals surface area (Å²) in [6, 6.07) is 9.09. The third kappa shape index (κ3) is 3.42. The summed E-state index contributed by atoms with van der Waals surface area (Å²) in [5.74, 6) is 0.775. The van der Waals surface area contributed by atoms with Gasteiger partial charge in [0.05, 0.1) is 24.6 Å². The normalized spacial score (nSPS) is 9.89. The first-order valence-corrected chi connectivity index (χ1v) is 5.90. The minimum absolute atomic E-state index is 0.0149. The van der Waals surface area contributed by atoms with Crippen LogP contribution < -0.4 is 0 Å². The number of rotatable bonds is 4. The zero-order valence-electron chi connectivity index (χ0n) is 10.6. The lowest BCUT2D eigenvalue weighted by Crippen LogP contribution is -2.28. The number of hydrogen-bond donors (Lipinski definition) is 1. The van der Waals surface area contributed by atoms with Crippen LogP contribution in [0.4, 0.5) is 0 Å². The molecule has 0 radical (unpaired) electrons. The number of nitrogens with zero attached hydrogens (tertiary/aromatic N) is 3. The topological polar surface area (TPSA) is 72.8 Å². The fraction of sp³-hybridized carbons (Fsp3) is 0.214. The maximum atomic E-state index is 12.0. The Morgan fingerprint density at radius 1 is 1.42 bits per heavy atom. The van der Waals surface area contributed by atoms with E-state index in [2.05, 4.69) is 16.0 Å². The Bertz CT molecular complexity index is 581. The van der Waals surface area contributed by atoms with E-state index < -0.39 is 0 Å². The molecule has 1 aromatic heterocycles. The van der Waals surface area contributed by atoms with E-state index in [9.17, 15) is 4.79 Å². The fourth-order valence-corrected chi connectivity index (χ4v) is 1.70. The number of aromatic nitrogens is 2. The first-order valence-electron chi connectivity index (χ1n) is 5.90. The molecule has 0 unspecified atom stereocenters. The monoisotopic (exact) mass is 254 g/mol. The molecule has 0 fully saturated rings. The van der Waals surface area contributed by atoms with Crippen LogP contribution in [0.1, 0.15) is 17.0 Å². The second-order valence-corrected chi connectivity index (χ2v) is 4.27. The van der Waals surface area contributed by atoms with Gasteiger partial charge in [0, 0.05) is 19.4 Å². The molecule has 0 aliphatic rings. The number of benzene rings is 1. The van der Waals surface area contributed by atoms with Gasteiger partial charge < -0.3 is 9.88 Å². The predicted molar refractivity (Wildman–Crippen MR) is 69.9 cm³/mol. The van der Waals surface area contributed by atoms with Crippen LogP contribution in [0, 0.1) is 11.3 Å². The van der Waals surface area contributed by atoms with Gasteiger partial charge in [-0.25, -0.2) is 4.98 Å². The van der Waals surface area contributed by atoms with Gasteiger partial charge in [0.15, 0.2) is 0 Å². The van der Waals surface area contributed by atoms with Crippen LogP contribution >= 0.6 is 0 Å². The van der Waals surface area contributed by atoms with Gasteiger partial charge in [0.2, 0.25) is 5.91 Å². The van der Waals surface area contributed by atoms with Gasteiger partial charge in [0.1, 0.15) is 5.82 Å². The van der Waals surface area contributed by atoms with Crippen molar-refractivity contribution in [1.82, 2.24) is 14.9 Å². The highest BCUT2D eigenvalue weighted by atomic mass is 16.2. The van der Waals surface area contributed by atoms with Crippen LogP contribution in [0.2, 0.25) is 0 Å². The van der Waals surface area contributed by atoms with Crippen LogP contribution in [0.3, 0.4) is 0 Å². The lowest BCUT2D eigenvalue weighted by molar-refractivity contribution is -0.129. The van der Waals surface area contributed by atoms with E-state index in [-0.39, 0.29) is 5.91 Å².